The van der Waals surface area contributed by atoms with Crippen LogP contribution >= 0.6 is 0 Å². The van der Waals surface area contributed by atoms with Crippen molar-refractivity contribution in [1.82, 2.24) is 15.0 Å². The molecule has 140 valence electrons. The number of aromatic amines is 1. The van der Waals surface area contributed by atoms with Crippen LogP contribution < -0.4 is 4.74 Å². The van der Waals surface area contributed by atoms with Gasteiger partial charge in [-0.25, -0.2) is 9.78 Å². The zero-order valence-corrected chi connectivity index (χ0v) is 15.6. The van der Waals surface area contributed by atoms with Gasteiger partial charge in [0, 0.05) is 18.8 Å². The lowest BCUT2D eigenvalue weighted by atomic mass is 10.0. The molecule has 0 saturated heterocycles. The standard InChI is InChI=1S/C22H19N3O3/c1-27-18-10-9-17(22(26)28-2)20-21(18)25-19(24-20)12-14-5-7-15(8-6-14)16-4-3-11-23-13-16/h3-11,13H,12H2,1-2H3,(H,24,25). The molecule has 4 rings (SSSR count). The monoisotopic (exact) mass is 373 g/mol. The molecule has 0 atom stereocenters. The molecule has 1 N–H and O–H groups in total. The van der Waals surface area contributed by atoms with Crippen LogP contribution in [-0.4, -0.2) is 35.1 Å². The second kappa shape index (κ2) is 7.52. The molecule has 0 amide bonds. The van der Waals surface area contributed by atoms with E-state index in [9.17, 15) is 4.79 Å². The van der Waals surface area contributed by atoms with Crippen LogP contribution in [0.5, 0.6) is 5.75 Å². The third-order valence-electron chi connectivity index (χ3n) is 4.60. The van der Waals surface area contributed by atoms with Gasteiger partial charge in [-0.3, -0.25) is 4.98 Å². The van der Waals surface area contributed by atoms with E-state index in [1.807, 2.05) is 18.3 Å². The second-order valence-electron chi connectivity index (χ2n) is 6.33. The Morgan fingerprint density at radius 1 is 1.04 bits per heavy atom. The molecule has 0 fully saturated rings. The first-order valence-electron chi connectivity index (χ1n) is 8.83. The average Bonchev–Trinajstić information content (AvgIpc) is 3.17. The smallest absolute Gasteiger partial charge is 0.340 e. The lowest BCUT2D eigenvalue weighted by molar-refractivity contribution is 0.0603. The number of ether oxygens (including phenoxy) is 2. The number of rotatable bonds is 5. The molecule has 0 aliphatic rings. The SMILES string of the molecule is COC(=O)c1ccc(OC)c2[nH]c(Cc3ccc(-c4cccnc4)cc3)nc12. The van der Waals surface area contributed by atoms with Gasteiger partial charge in [0.15, 0.2) is 0 Å². The number of pyridine rings is 1. The maximum absolute atomic E-state index is 12.0. The van der Waals surface area contributed by atoms with Gasteiger partial charge in [0.25, 0.3) is 0 Å². The topological polar surface area (TPSA) is 77.1 Å². The van der Waals surface area contributed by atoms with Crippen LogP contribution in [0, 0.1) is 0 Å². The Bertz CT molecular complexity index is 1120. The highest BCUT2D eigenvalue weighted by Crippen LogP contribution is 2.28. The van der Waals surface area contributed by atoms with E-state index in [0.717, 1.165) is 22.5 Å². The fourth-order valence-corrected chi connectivity index (χ4v) is 3.19. The number of esters is 1. The number of fused-ring (bicyclic) bond motifs is 1. The number of benzene rings is 2. The van der Waals surface area contributed by atoms with Gasteiger partial charge < -0.3 is 14.5 Å². The molecular formula is C22H19N3O3. The molecule has 4 aromatic rings. The summed E-state index contributed by atoms with van der Waals surface area (Å²) in [4.78, 5) is 24.1. The molecule has 2 aromatic carbocycles. The molecule has 0 spiro atoms. The first-order chi connectivity index (χ1) is 13.7. The van der Waals surface area contributed by atoms with Gasteiger partial charge in [-0.15, -0.1) is 0 Å². The summed E-state index contributed by atoms with van der Waals surface area (Å²) in [6.45, 7) is 0. The Kier molecular flexibility index (Phi) is 4.76. The zero-order valence-electron chi connectivity index (χ0n) is 15.6. The normalized spacial score (nSPS) is 10.8. The van der Waals surface area contributed by atoms with Gasteiger partial charge in [-0.2, -0.15) is 0 Å². The van der Waals surface area contributed by atoms with Crippen molar-refractivity contribution >= 4 is 17.0 Å². The van der Waals surface area contributed by atoms with Crippen LogP contribution in [0.15, 0.2) is 60.9 Å². The van der Waals surface area contributed by atoms with Crippen molar-refractivity contribution < 1.29 is 14.3 Å². The van der Waals surface area contributed by atoms with E-state index in [0.29, 0.717) is 28.8 Å². The lowest BCUT2D eigenvalue weighted by Gasteiger charge is -2.04. The largest absolute Gasteiger partial charge is 0.494 e. The molecule has 6 nitrogen and oxygen atoms in total. The Morgan fingerprint density at radius 3 is 2.54 bits per heavy atom. The van der Waals surface area contributed by atoms with Crippen molar-refractivity contribution in [3.8, 4) is 16.9 Å². The number of H-pyrrole nitrogens is 1. The minimum absolute atomic E-state index is 0.410. The van der Waals surface area contributed by atoms with Crippen molar-refractivity contribution in [3.05, 3.63) is 77.9 Å². The molecule has 0 saturated carbocycles. The summed E-state index contributed by atoms with van der Waals surface area (Å²) in [5.41, 5.74) is 4.93. The van der Waals surface area contributed by atoms with E-state index in [-0.39, 0.29) is 0 Å². The Balaban J connectivity index is 1.65. The van der Waals surface area contributed by atoms with E-state index in [1.54, 1.807) is 25.4 Å². The number of aromatic nitrogens is 3. The summed E-state index contributed by atoms with van der Waals surface area (Å²) in [5, 5.41) is 0. The van der Waals surface area contributed by atoms with Crippen LogP contribution in [-0.2, 0) is 11.2 Å². The van der Waals surface area contributed by atoms with Crippen LogP contribution in [0.4, 0.5) is 0 Å². The van der Waals surface area contributed by atoms with Crippen LogP contribution in [0.3, 0.4) is 0 Å². The van der Waals surface area contributed by atoms with Crippen LogP contribution in [0.2, 0.25) is 0 Å². The summed E-state index contributed by atoms with van der Waals surface area (Å²) in [7, 11) is 2.94. The van der Waals surface area contributed by atoms with Crippen molar-refractivity contribution in [2.45, 2.75) is 6.42 Å². The predicted octanol–water partition coefficient (Wildman–Crippen LogP) is 4.01. The molecule has 0 bridgehead atoms. The molecule has 2 heterocycles. The molecular weight excluding hydrogens is 354 g/mol. The first-order valence-corrected chi connectivity index (χ1v) is 8.83. The number of methoxy groups -OCH3 is 2. The molecule has 0 aliphatic carbocycles. The van der Waals surface area contributed by atoms with Crippen molar-refractivity contribution in [3.63, 3.8) is 0 Å². The van der Waals surface area contributed by atoms with Crippen LogP contribution in [0.1, 0.15) is 21.7 Å². The summed E-state index contributed by atoms with van der Waals surface area (Å²) >= 11 is 0. The highest BCUT2D eigenvalue weighted by atomic mass is 16.5. The summed E-state index contributed by atoms with van der Waals surface area (Å²) in [6, 6.07) is 15.6. The van der Waals surface area contributed by atoms with E-state index >= 15 is 0 Å². The molecule has 28 heavy (non-hydrogen) atoms. The van der Waals surface area contributed by atoms with Gasteiger partial charge in [0.1, 0.15) is 22.6 Å². The molecule has 2 aromatic heterocycles. The van der Waals surface area contributed by atoms with Gasteiger partial charge in [0.05, 0.1) is 19.8 Å². The van der Waals surface area contributed by atoms with E-state index in [2.05, 4.69) is 39.2 Å². The van der Waals surface area contributed by atoms with Crippen molar-refractivity contribution in [1.29, 1.82) is 0 Å². The van der Waals surface area contributed by atoms with Crippen molar-refractivity contribution in [2.24, 2.45) is 0 Å². The Morgan fingerprint density at radius 2 is 1.86 bits per heavy atom. The predicted molar refractivity (Wildman–Crippen MR) is 106 cm³/mol. The fourth-order valence-electron chi connectivity index (χ4n) is 3.19. The van der Waals surface area contributed by atoms with E-state index in [4.69, 9.17) is 9.47 Å². The Labute approximate surface area is 162 Å². The van der Waals surface area contributed by atoms with E-state index in [1.165, 1.54) is 7.11 Å². The first kappa shape index (κ1) is 17.7. The third kappa shape index (κ3) is 3.32. The molecule has 0 unspecified atom stereocenters. The van der Waals surface area contributed by atoms with Gasteiger partial charge >= 0.3 is 5.97 Å². The highest BCUT2D eigenvalue weighted by Gasteiger charge is 2.17. The Hall–Kier alpha value is -3.67. The number of carbonyl (C=O) groups is 1. The lowest BCUT2D eigenvalue weighted by Crippen LogP contribution is -2.02. The van der Waals surface area contributed by atoms with E-state index < -0.39 is 5.97 Å². The highest BCUT2D eigenvalue weighted by molar-refractivity contribution is 6.03. The van der Waals surface area contributed by atoms with Gasteiger partial charge in [-0.05, 0) is 34.9 Å². The zero-order chi connectivity index (χ0) is 19.5. The number of carbonyl (C=O) groups excluding carboxylic acids is 1. The average molecular weight is 373 g/mol. The molecule has 6 heteroatoms. The minimum Gasteiger partial charge on any atom is -0.494 e. The quantitative estimate of drug-likeness (QED) is 0.535. The number of nitrogens with one attached hydrogen (secondary N) is 1. The number of nitrogens with zero attached hydrogens (tertiary/aromatic N) is 2. The van der Waals surface area contributed by atoms with Gasteiger partial charge in [0.2, 0.25) is 0 Å². The molecule has 0 radical (unpaired) electrons. The van der Waals surface area contributed by atoms with Gasteiger partial charge in [-0.1, -0.05) is 30.3 Å². The minimum atomic E-state index is -0.425. The van der Waals surface area contributed by atoms with Crippen LogP contribution in [0.25, 0.3) is 22.2 Å². The maximum Gasteiger partial charge on any atom is 0.340 e. The number of hydrogen-bond donors (Lipinski definition) is 1. The maximum atomic E-state index is 12.0. The number of hydrogen-bond acceptors (Lipinski definition) is 5. The third-order valence-corrected chi connectivity index (χ3v) is 4.60. The summed E-state index contributed by atoms with van der Waals surface area (Å²) in [6.07, 6.45) is 4.21. The fraction of sp³-hybridized carbons (Fsp3) is 0.136. The second-order valence-corrected chi connectivity index (χ2v) is 6.33. The summed E-state index contributed by atoms with van der Waals surface area (Å²) in [5.74, 6) is 0.957. The van der Waals surface area contributed by atoms with Crippen molar-refractivity contribution in [2.75, 3.05) is 14.2 Å². The molecule has 0 aliphatic heterocycles. The summed E-state index contributed by atoms with van der Waals surface area (Å²) < 4.78 is 10.3. The number of imidazole rings is 1.